The molecule has 0 aromatic carbocycles. The van der Waals surface area contributed by atoms with Crippen molar-refractivity contribution in [3.05, 3.63) is 23.9 Å². The molecule has 2 N–H and O–H groups in total. The van der Waals surface area contributed by atoms with E-state index in [1.807, 2.05) is 6.07 Å². The summed E-state index contributed by atoms with van der Waals surface area (Å²) in [4.78, 5) is 4.45. The molecular formula is C10H14N2OS. The molecule has 0 aliphatic carbocycles. The van der Waals surface area contributed by atoms with Crippen molar-refractivity contribution >= 4 is 17.2 Å². The lowest BCUT2D eigenvalue weighted by Crippen LogP contribution is -2.12. The van der Waals surface area contributed by atoms with Gasteiger partial charge in [0.25, 0.3) is 0 Å². The minimum atomic E-state index is 0.297. The molecule has 1 aromatic rings. The molecule has 0 spiro atoms. The minimum absolute atomic E-state index is 0.297. The van der Waals surface area contributed by atoms with Gasteiger partial charge in [-0.05, 0) is 12.5 Å². The van der Waals surface area contributed by atoms with E-state index < -0.39 is 0 Å². The van der Waals surface area contributed by atoms with Gasteiger partial charge >= 0.3 is 0 Å². The van der Waals surface area contributed by atoms with Gasteiger partial charge in [-0.3, -0.25) is 0 Å². The molecule has 0 saturated carbocycles. The highest BCUT2D eigenvalue weighted by atomic mass is 32.1. The van der Waals surface area contributed by atoms with E-state index in [1.165, 1.54) is 0 Å². The zero-order chi connectivity index (χ0) is 10.4. The lowest BCUT2D eigenvalue weighted by Gasteiger charge is -2.05. The van der Waals surface area contributed by atoms with Gasteiger partial charge in [0.05, 0.1) is 6.61 Å². The fourth-order valence-electron chi connectivity index (χ4n) is 0.954. The zero-order valence-electron chi connectivity index (χ0n) is 8.19. The smallest absolute Gasteiger partial charge is 0.213 e. The highest BCUT2D eigenvalue weighted by Gasteiger charge is 2.00. The van der Waals surface area contributed by atoms with Gasteiger partial charge in [0.1, 0.15) is 10.7 Å². The highest BCUT2D eigenvalue weighted by Crippen LogP contribution is 2.08. The Balaban J connectivity index is 2.59. The molecule has 3 nitrogen and oxygen atoms in total. The summed E-state index contributed by atoms with van der Waals surface area (Å²) in [6, 6.07) is 5.41. The molecule has 14 heavy (non-hydrogen) atoms. The quantitative estimate of drug-likeness (QED) is 0.595. The van der Waals surface area contributed by atoms with Crippen molar-refractivity contribution in [3.8, 4) is 5.88 Å². The van der Waals surface area contributed by atoms with Gasteiger partial charge in [-0.2, -0.15) is 0 Å². The summed E-state index contributed by atoms with van der Waals surface area (Å²) >= 11 is 4.82. The van der Waals surface area contributed by atoms with Gasteiger partial charge in [0.15, 0.2) is 0 Å². The van der Waals surface area contributed by atoms with Crippen LogP contribution in [-0.4, -0.2) is 16.6 Å². The van der Waals surface area contributed by atoms with E-state index in [1.54, 1.807) is 12.1 Å². The Morgan fingerprint density at radius 2 is 2.36 bits per heavy atom. The molecule has 0 fully saturated rings. The van der Waals surface area contributed by atoms with Crippen LogP contribution < -0.4 is 10.5 Å². The predicted octanol–water partition coefficient (Wildman–Crippen LogP) is 1.89. The van der Waals surface area contributed by atoms with Crippen LogP contribution in [0.4, 0.5) is 0 Å². The van der Waals surface area contributed by atoms with Crippen LogP contribution in [0.2, 0.25) is 0 Å². The highest BCUT2D eigenvalue weighted by molar-refractivity contribution is 7.80. The second kappa shape index (κ2) is 5.54. The minimum Gasteiger partial charge on any atom is -0.478 e. The Hall–Kier alpha value is -1.16. The third-order valence-electron chi connectivity index (χ3n) is 1.72. The van der Waals surface area contributed by atoms with Crippen LogP contribution in [0, 0.1) is 0 Å². The Morgan fingerprint density at radius 1 is 1.57 bits per heavy atom. The molecule has 1 aromatic heterocycles. The Kier molecular flexibility index (Phi) is 4.32. The van der Waals surface area contributed by atoms with Crippen LogP contribution in [0.3, 0.4) is 0 Å². The van der Waals surface area contributed by atoms with E-state index in [0.717, 1.165) is 12.8 Å². The summed E-state index contributed by atoms with van der Waals surface area (Å²) in [5, 5.41) is 0. The van der Waals surface area contributed by atoms with Crippen molar-refractivity contribution in [3.63, 3.8) is 0 Å². The molecule has 0 aliphatic rings. The number of aromatic nitrogens is 1. The summed E-state index contributed by atoms with van der Waals surface area (Å²) in [6.45, 7) is 2.80. The number of rotatable bonds is 5. The van der Waals surface area contributed by atoms with E-state index in [0.29, 0.717) is 23.2 Å². The van der Waals surface area contributed by atoms with E-state index in [2.05, 4.69) is 11.9 Å². The maximum absolute atomic E-state index is 5.45. The third-order valence-corrected chi connectivity index (χ3v) is 1.93. The van der Waals surface area contributed by atoms with Crippen molar-refractivity contribution < 1.29 is 4.74 Å². The summed E-state index contributed by atoms with van der Waals surface area (Å²) in [7, 11) is 0. The molecular weight excluding hydrogens is 196 g/mol. The van der Waals surface area contributed by atoms with Crippen molar-refractivity contribution in [1.82, 2.24) is 4.98 Å². The summed E-state index contributed by atoms with van der Waals surface area (Å²) < 4.78 is 5.41. The van der Waals surface area contributed by atoms with Crippen LogP contribution >= 0.6 is 12.2 Å². The van der Waals surface area contributed by atoms with Crippen molar-refractivity contribution in [2.24, 2.45) is 5.73 Å². The Morgan fingerprint density at radius 3 is 3.00 bits per heavy atom. The van der Waals surface area contributed by atoms with Gasteiger partial charge < -0.3 is 10.5 Å². The number of pyridine rings is 1. The average Bonchev–Trinajstić information content (AvgIpc) is 2.19. The lowest BCUT2D eigenvalue weighted by molar-refractivity contribution is 0.297. The van der Waals surface area contributed by atoms with Gasteiger partial charge in [0.2, 0.25) is 5.88 Å². The fraction of sp³-hybridized carbons (Fsp3) is 0.400. The van der Waals surface area contributed by atoms with Crippen LogP contribution in [-0.2, 0) is 0 Å². The summed E-state index contributed by atoms with van der Waals surface area (Å²) in [5.74, 6) is 0.587. The number of hydrogen-bond donors (Lipinski definition) is 1. The lowest BCUT2D eigenvalue weighted by atomic mass is 10.3. The number of nitrogens with two attached hydrogens (primary N) is 1. The standard InChI is InChI=1S/C10H14N2OS/c1-2-3-7-13-9-6-4-5-8(12-9)10(11)14/h4-6H,2-3,7H2,1H3,(H2,11,14). The Bertz CT molecular complexity index is 315. The van der Waals surface area contributed by atoms with E-state index in [9.17, 15) is 0 Å². The second-order valence-corrected chi connectivity index (χ2v) is 3.37. The molecule has 0 amide bonds. The zero-order valence-corrected chi connectivity index (χ0v) is 9.01. The number of thiocarbonyl (C=S) groups is 1. The van der Waals surface area contributed by atoms with Crippen LogP contribution in [0.1, 0.15) is 25.5 Å². The number of ether oxygens (including phenoxy) is 1. The molecule has 76 valence electrons. The van der Waals surface area contributed by atoms with Gasteiger partial charge in [-0.15, -0.1) is 0 Å². The van der Waals surface area contributed by atoms with Crippen LogP contribution in [0.15, 0.2) is 18.2 Å². The van der Waals surface area contributed by atoms with Gasteiger partial charge in [0, 0.05) is 6.07 Å². The molecule has 0 atom stereocenters. The van der Waals surface area contributed by atoms with E-state index in [4.69, 9.17) is 22.7 Å². The molecule has 1 heterocycles. The first-order chi connectivity index (χ1) is 6.74. The fourth-order valence-corrected chi connectivity index (χ4v) is 1.07. The molecule has 0 radical (unpaired) electrons. The molecule has 0 saturated heterocycles. The third kappa shape index (κ3) is 3.30. The molecule has 1 rings (SSSR count). The number of unbranched alkanes of at least 4 members (excludes halogenated alkanes) is 1. The second-order valence-electron chi connectivity index (χ2n) is 2.93. The Labute approximate surface area is 89.3 Å². The van der Waals surface area contributed by atoms with Crippen LogP contribution in [0.25, 0.3) is 0 Å². The molecule has 0 bridgehead atoms. The molecule has 0 unspecified atom stereocenters. The van der Waals surface area contributed by atoms with Crippen molar-refractivity contribution in [2.75, 3.05) is 6.61 Å². The maximum Gasteiger partial charge on any atom is 0.213 e. The van der Waals surface area contributed by atoms with Gasteiger partial charge in [-0.1, -0.05) is 31.6 Å². The summed E-state index contributed by atoms with van der Waals surface area (Å²) in [5.41, 5.74) is 6.06. The average molecular weight is 210 g/mol. The van der Waals surface area contributed by atoms with E-state index >= 15 is 0 Å². The largest absolute Gasteiger partial charge is 0.478 e. The topological polar surface area (TPSA) is 48.1 Å². The first-order valence-corrected chi connectivity index (χ1v) is 5.04. The monoisotopic (exact) mass is 210 g/mol. The number of hydrogen-bond acceptors (Lipinski definition) is 3. The van der Waals surface area contributed by atoms with Crippen molar-refractivity contribution in [2.45, 2.75) is 19.8 Å². The van der Waals surface area contributed by atoms with Gasteiger partial charge in [-0.25, -0.2) is 4.98 Å². The SMILES string of the molecule is CCCCOc1cccc(C(N)=S)n1. The first-order valence-electron chi connectivity index (χ1n) is 4.63. The predicted molar refractivity (Wildman–Crippen MR) is 60.5 cm³/mol. The number of nitrogens with zero attached hydrogens (tertiary/aromatic N) is 1. The first kappa shape index (κ1) is 10.9. The normalized spacial score (nSPS) is 9.79. The summed E-state index contributed by atoms with van der Waals surface area (Å²) in [6.07, 6.45) is 2.13. The molecule has 0 aliphatic heterocycles. The van der Waals surface area contributed by atoms with Crippen molar-refractivity contribution in [1.29, 1.82) is 0 Å². The van der Waals surface area contributed by atoms with E-state index in [-0.39, 0.29) is 0 Å². The van der Waals surface area contributed by atoms with Crippen LogP contribution in [0.5, 0.6) is 5.88 Å². The molecule has 4 heteroatoms. The maximum atomic E-state index is 5.45.